The fourth-order valence-electron chi connectivity index (χ4n) is 2.50. The van der Waals surface area contributed by atoms with Crippen LogP contribution in [0, 0.1) is 12.8 Å². The smallest absolute Gasteiger partial charge is 0.335 e. The fraction of sp³-hybridized carbons (Fsp3) is 0.312. The van der Waals surface area contributed by atoms with E-state index >= 15 is 0 Å². The summed E-state index contributed by atoms with van der Waals surface area (Å²) in [6.45, 7) is 5.61. The van der Waals surface area contributed by atoms with Crippen LogP contribution in [0.15, 0.2) is 36.5 Å². The quantitative estimate of drug-likeness (QED) is 0.825. The number of benzene rings is 1. The number of urea groups is 1. The molecule has 4 amide bonds. The van der Waals surface area contributed by atoms with Crippen molar-refractivity contribution in [3.63, 3.8) is 0 Å². The molecule has 2 aliphatic rings. The maximum atomic E-state index is 12.7. The number of rotatable bonds is 4. The van der Waals surface area contributed by atoms with Gasteiger partial charge in [-0.3, -0.25) is 14.9 Å². The van der Waals surface area contributed by atoms with Gasteiger partial charge in [0, 0.05) is 11.7 Å². The van der Waals surface area contributed by atoms with E-state index in [9.17, 15) is 14.4 Å². The van der Waals surface area contributed by atoms with E-state index in [1.165, 1.54) is 0 Å². The highest BCUT2D eigenvalue weighted by Gasteiger charge is 2.44. The van der Waals surface area contributed by atoms with Gasteiger partial charge in [-0.1, -0.05) is 24.8 Å². The third-order valence-corrected chi connectivity index (χ3v) is 3.83. The summed E-state index contributed by atoms with van der Waals surface area (Å²) in [7, 11) is 0. The van der Waals surface area contributed by atoms with Crippen LogP contribution in [-0.4, -0.2) is 23.9 Å². The van der Waals surface area contributed by atoms with E-state index in [0.717, 1.165) is 23.3 Å². The molecule has 0 aromatic heterocycles. The van der Waals surface area contributed by atoms with Crippen molar-refractivity contribution in [3.05, 3.63) is 42.1 Å². The van der Waals surface area contributed by atoms with Crippen molar-refractivity contribution >= 4 is 23.5 Å². The Bertz CT molecular complexity index is 679. The molecule has 0 radical (unpaired) electrons. The summed E-state index contributed by atoms with van der Waals surface area (Å²) in [6, 6.07) is 6.60. The lowest BCUT2D eigenvalue weighted by Gasteiger charge is -2.32. The predicted octanol–water partition coefficient (Wildman–Crippen LogP) is 1.46. The van der Waals surface area contributed by atoms with Crippen LogP contribution in [-0.2, 0) is 9.59 Å². The van der Waals surface area contributed by atoms with Crippen molar-refractivity contribution < 1.29 is 14.4 Å². The first-order valence-corrected chi connectivity index (χ1v) is 7.19. The SMILES string of the molecule is C=C(NC1CC1)C1C(=O)NC(=O)N(c2ccccc2C)C1=O. The molecule has 1 aliphatic carbocycles. The summed E-state index contributed by atoms with van der Waals surface area (Å²) in [5, 5.41) is 5.31. The maximum Gasteiger partial charge on any atom is 0.335 e. The minimum absolute atomic E-state index is 0.276. The summed E-state index contributed by atoms with van der Waals surface area (Å²) < 4.78 is 0. The first-order valence-electron chi connectivity index (χ1n) is 7.19. The van der Waals surface area contributed by atoms with Crippen molar-refractivity contribution in [1.82, 2.24) is 10.6 Å². The van der Waals surface area contributed by atoms with Crippen molar-refractivity contribution in [2.45, 2.75) is 25.8 Å². The molecule has 1 heterocycles. The van der Waals surface area contributed by atoms with Gasteiger partial charge in [-0.2, -0.15) is 0 Å². The molecule has 0 spiro atoms. The summed E-state index contributed by atoms with van der Waals surface area (Å²) in [4.78, 5) is 37.8. The summed E-state index contributed by atoms with van der Waals surface area (Å²) in [5.41, 5.74) is 1.60. The van der Waals surface area contributed by atoms with Crippen LogP contribution in [0.3, 0.4) is 0 Å². The molecule has 1 aromatic rings. The fourth-order valence-corrected chi connectivity index (χ4v) is 2.50. The Kier molecular flexibility index (Phi) is 3.44. The van der Waals surface area contributed by atoms with Crippen LogP contribution in [0.25, 0.3) is 0 Å². The Morgan fingerprint density at radius 2 is 1.95 bits per heavy atom. The van der Waals surface area contributed by atoms with Gasteiger partial charge < -0.3 is 5.32 Å². The molecule has 2 N–H and O–H groups in total. The lowest BCUT2D eigenvalue weighted by Crippen LogP contribution is -2.59. The van der Waals surface area contributed by atoms with Gasteiger partial charge in [0.05, 0.1) is 5.69 Å². The van der Waals surface area contributed by atoms with Gasteiger partial charge in [-0.25, -0.2) is 9.69 Å². The molecule has 1 unspecified atom stereocenters. The molecule has 1 aliphatic heterocycles. The van der Waals surface area contributed by atoms with E-state index in [4.69, 9.17) is 0 Å². The Balaban J connectivity index is 1.91. The number of aryl methyl sites for hydroxylation is 1. The number of imide groups is 2. The number of nitrogens with one attached hydrogen (secondary N) is 2. The first kappa shape index (κ1) is 14.3. The molecule has 0 bridgehead atoms. The topological polar surface area (TPSA) is 78.5 Å². The molecule has 1 atom stereocenters. The summed E-state index contributed by atoms with van der Waals surface area (Å²) in [5.74, 6) is -2.28. The number of carbonyl (C=O) groups excluding carboxylic acids is 3. The zero-order chi connectivity index (χ0) is 15.9. The molecule has 6 heteroatoms. The molecule has 3 rings (SSSR count). The second-order valence-electron chi connectivity index (χ2n) is 5.63. The van der Waals surface area contributed by atoms with E-state index in [1.807, 2.05) is 6.07 Å². The maximum absolute atomic E-state index is 12.7. The molecule has 22 heavy (non-hydrogen) atoms. The second kappa shape index (κ2) is 5.29. The van der Waals surface area contributed by atoms with Gasteiger partial charge in [-0.15, -0.1) is 0 Å². The van der Waals surface area contributed by atoms with Crippen LogP contribution in [0.2, 0.25) is 0 Å². The van der Waals surface area contributed by atoms with Gasteiger partial charge in [0.15, 0.2) is 5.92 Å². The highest BCUT2D eigenvalue weighted by atomic mass is 16.2. The minimum atomic E-state index is -1.09. The molecule has 1 saturated heterocycles. The largest absolute Gasteiger partial charge is 0.385 e. The van der Waals surface area contributed by atoms with Crippen LogP contribution in [0.4, 0.5) is 10.5 Å². The van der Waals surface area contributed by atoms with E-state index in [-0.39, 0.29) is 6.04 Å². The summed E-state index contributed by atoms with van der Waals surface area (Å²) in [6.07, 6.45) is 2.00. The number of anilines is 1. The van der Waals surface area contributed by atoms with Crippen molar-refractivity contribution in [2.75, 3.05) is 4.90 Å². The highest BCUT2D eigenvalue weighted by molar-refractivity contribution is 6.28. The Labute approximate surface area is 128 Å². The summed E-state index contributed by atoms with van der Waals surface area (Å²) >= 11 is 0. The zero-order valence-electron chi connectivity index (χ0n) is 12.3. The van der Waals surface area contributed by atoms with Gasteiger partial charge in [-0.05, 0) is 31.4 Å². The van der Waals surface area contributed by atoms with Crippen LogP contribution >= 0.6 is 0 Å². The second-order valence-corrected chi connectivity index (χ2v) is 5.63. The molecule has 2 fully saturated rings. The predicted molar refractivity (Wildman–Crippen MR) is 81.0 cm³/mol. The molecule has 1 saturated carbocycles. The average molecular weight is 299 g/mol. The normalized spacial score (nSPS) is 21.6. The number of hydrogen-bond donors (Lipinski definition) is 2. The monoisotopic (exact) mass is 299 g/mol. The molecular weight excluding hydrogens is 282 g/mol. The zero-order valence-corrected chi connectivity index (χ0v) is 12.3. The van der Waals surface area contributed by atoms with E-state index in [1.54, 1.807) is 25.1 Å². The Morgan fingerprint density at radius 3 is 2.59 bits per heavy atom. The standard InChI is InChI=1S/C16H17N3O3/c1-9-5-3-4-6-12(9)19-15(21)13(14(20)18-16(19)22)10(2)17-11-7-8-11/h3-6,11,13,17H,2,7-8H2,1H3,(H,18,20,22). The van der Waals surface area contributed by atoms with Gasteiger partial charge in [0.2, 0.25) is 5.91 Å². The number of nitrogens with zero attached hydrogens (tertiary/aromatic N) is 1. The van der Waals surface area contributed by atoms with Crippen molar-refractivity contribution in [3.8, 4) is 0 Å². The third-order valence-electron chi connectivity index (χ3n) is 3.83. The minimum Gasteiger partial charge on any atom is -0.385 e. The molecule has 1 aromatic carbocycles. The van der Waals surface area contributed by atoms with Crippen molar-refractivity contribution in [2.24, 2.45) is 5.92 Å². The lowest BCUT2D eigenvalue weighted by atomic mass is 10.00. The van der Waals surface area contributed by atoms with E-state index in [2.05, 4.69) is 17.2 Å². The van der Waals surface area contributed by atoms with Gasteiger partial charge in [0.25, 0.3) is 5.91 Å². The Morgan fingerprint density at radius 1 is 1.27 bits per heavy atom. The third kappa shape index (κ3) is 2.47. The Hall–Kier alpha value is -2.63. The van der Waals surface area contributed by atoms with E-state index in [0.29, 0.717) is 11.4 Å². The van der Waals surface area contributed by atoms with Crippen molar-refractivity contribution in [1.29, 1.82) is 0 Å². The number of carbonyl (C=O) groups is 3. The first-order chi connectivity index (χ1) is 10.5. The number of hydrogen-bond acceptors (Lipinski definition) is 4. The molecule has 6 nitrogen and oxygen atoms in total. The van der Waals surface area contributed by atoms with Crippen LogP contribution < -0.4 is 15.5 Å². The van der Waals surface area contributed by atoms with E-state index < -0.39 is 23.8 Å². The van der Waals surface area contributed by atoms with Gasteiger partial charge >= 0.3 is 6.03 Å². The van der Waals surface area contributed by atoms with Crippen LogP contribution in [0.1, 0.15) is 18.4 Å². The lowest BCUT2D eigenvalue weighted by molar-refractivity contribution is -0.132. The van der Waals surface area contributed by atoms with Crippen LogP contribution in [0.5, 0.6) is 0 Å². The number of para-hydroxylation sites is 1. The molecular formula is C16H17N3O3. The number of amides is 4. The average Bonchev–Trinajstić information content (AvgIpc) is 3.24. The van der Waals surface area contributed by atoms with Gasteiger partial charge in [0.1, 0.15) is 0 Å². The number of barbiturate groups is 1. The molecule has 114 valence electrons. The highest BCUT2D eigenvalue weighted by Crippen LogP contribution is 2.28.